The van der Waals surface area contributed by atoms with Crippen molar-refractivity contribution in [1.82, 2.24) is 9.88 Å². The van der Waals surface area contributed by atoms with Crippen molar-refractivity contribution in [2.45, 2.75) is 12.8 Å². The average molecular weight is 236 g/mol. The quantitative estimate of drug-likeness (QED) is 0.657. The smallest absolute Gasteiger partial charge is 0.476 e. The standard InChI is InChI=1S/C11H17BN2O3/c15-12(16)10-3-4-11(13-9-10)17-8-7-14-5-1-2-6-14/h3-4,9,15-16H,1-2,5-8H2. The first-order chi connectivity index (χ1) is 8.25. The molecule has 1 saturated heterocycles. The number of hydrogen-bond donors (Lipinski definition) is 2. The fourth-order valence-electron chi connectivity index (χ4n) is 1.92. The van der Waals surface area contributed by atoms with E-state index >= 15 is 0 Å². The van der Waals surface area contributed by atoms with Crippen molar-refractivity contribution in [2.24, 2.45) is 0 Å². The number of pyridine rings is 1. The number of nitrogens with zero attached hydrogens (tertiary/aromatic N) is 2. The molecule has 2 heterocycles. The molecular formula is C11H17BN2O3. The Bertz CT molecular complexity index is 339. The summed E-state index contributed by atoms with van der Waals surface area (Å²) in [6, 6.07) is 3.25. The lowest BCUT2D eigenvalue weighted by Gasteiger charge is -2.14. The molecule has 92 valence electrons. The number of rotatable bonds is 5. The van der Waals surface area contributed by atoms with E-state index in [0.29, 0.717) is 17.9 Å². The molecule has 0 spiro atoms. The van der Waals surface area contributed by atoms with Crippen LogP contribution in [0.4, 0.5) is 0 Å². The zero-order chi connectivity index (χ0) is 12.1. The zero-order valence-corrected chi connectivity index (χ0v) is 9.75. The van der Waals surface area contributed by atoms with Crippen LogP contribution in [0.25, 0.3) is 0 Å². The molecule has 0 saturated carbocycles. The molecule has 0 aromatic carbocycles. The Labute approximate surface area is 101 Å². The van der Waals surface area contributed by atoms with Crippen LogP contribution in [-0.4, -0.2) is 53.3 Å². The molecule has 17 heavy (non-hydrogen) atoms. The van der Waals surface area contributed by atoms with Gasteiger partial charge in [-0.15, -0.1) is 0 Å². The first-order valence-corrected chi connectivity index (χ1v) is 5.93. The van der Waals surface area contributed by atoms with Gasteiger partial charge in [0.15, 0.2) is 0 Å². The highest BCUT2D eigenvalue weighted by Crippen LogP contribution is 2.07. The van der Waals surface area contributed by atoms with Crippen molar-refractivity contribution in [1.29, 1.82) is 0 Å². The molecule has 6 heteroatoms. The van der Waals surface area contributed by atoms with Crippen molar-refractivity contribution in [3.8, 4) is 5.88 Å². The summed E-state index contributed by atoms with van der Waals surface area (Å²) < 4.78 is 5.49. The van der Waals surface area contributed by atoms with Crippen molar-refractivity contribution in [2.75, 3.05) is 26.2 Å². The third-order valence-corrected chi connectivity index (χ3v) is 2.91. The Morgan fingerprint density at radius 3 is 2.65 bits per heavy atom. The minimum absolute atomic E-state index is 0.372. The third kappa shape index (κ3) is 3.69. The van der Waals surface area contributed by atoms with Gasteiger partial charge in [-0.1, -0.05) is 6.07 Å². The molecule has 0 bridgehead atoms. The third-order valence-electron chi connectivity index (χ3n) is 2.91. The first kappa shape index (κ1) is 12.4. The molecule has 1 aromatic heterocycles. The fourth-order valence-corrected chi connectivity index (χ4v) is 1.92. The summed E-state index contributed by atoms with van der Waals surface area (Å²) >= 11 is 0. The fraction of sp³-hybridized carbons (Fsp3) is 0.545. The lowest BCUT2D eigenvalue weighted by Crippen LogP contribution is -2.30. The Morgan fingerprint density at radius 2 is 2.06 bits per heavy atom. The van der Waals surface area contributed by atoms with Gasteiger partial charge < -0.3 is 14.8 Å². The van der Waals surface area contributed by atoms with E-state index in [2.05, 4.69) is 9.88 Å². The van der Waals surface area contributed by atoms with Crippen molar-refractivity contribution < 1.29 is 14.8 Å². The molecule has 0 amide bonds. The predicted molar refractivity (Wildman–Crippen MR) is 65.2 cm³/mol. The van der Waals surface area contributed by atoms with Gasteiger partial charge in [0.25, 0.3) is 0 Å². The van der Waals surface area contributed by atoms with Gasteiger partial charge in [0, 0.05) is 18.2 Å². The predicted octanol–water partition coefficient (Wildman–Crippen LogP) is -0.764. The van der Waals surface area contributed by atoms with Crippen LogP contribution in [0.15, 0.2) is 18.3 Å². The Kier molecular flexibility index (Phi) is 4.36. The largest absolute Gasteiger partial charge is 0.490 e. The monoisotopic (exact) mass is 236 g/mol. The van der Waals surface area contributed by atoms with Gasteiger partial charge in [-0.3, -0.25) is 4.90 Å². The van der Waals surface area contributed by atoms with Crippen LogP contribution >= 0.6 is 0 Å². The molecule has 1 aliphatic heterocycles. The highest BCUT2D eigenvalue weighted by Gasteiger charge is 2.12. The summed E-state index contributed by atoms with van der Waals surface area (Å²) in [4.78, 5) is 6.37. The van der Waals surface area contributed by atoms with Gasteiger partial charge in [-0.2, -0.15) is 0 Å². The molecule has 0 unspecified atom stereocenters. The molecule has 0 aliphatic carbocycles. The van der Waals surface area contributed by atoms with Crippen molar-refractivity contribution >= 4 is 12.6 Å². The summed E-state index contributed by atoms with van der Waals surface area (Å²) in [6.07, 6.45) is 3.97. The van der Waals surface area contributed by atoms with Crippen LogP contribution in [0.5, 0.6) is 5.88 Å². The highest BCUT2D eigenvalue weighted by molar-refractivity contribution is 6.58. The second-order valence-corrected chi connectivity index (χ2v) is 4.20. The van der Waals surface area contributed by atoms with E-state index in [1.807, 2.05) is 0 Å². The maximum Gasteiger partial charge on any atom is 0.490 e. The summed E-state index contributed by atoms with van der Waals surface area (Å²) in [5.74, 6) is 0.522. The SMILES string of the molecule is OB(O)c1ccc(OCCN2CCCC2)nc1. The maximum atomic E-state index is 8.90. The molecular weight excluding hydrogens is 219 g/mol. The second-order valence-electron chi connectivity index (χ2n) is 4.20. The molecule has 1 aliphatic rings. The van der Waals surface area contributed by atoms with Gasteiger partial charge >= 0.3 is 7.12 Å². The molecule has 1 aromatic rings. The average Bonchev–Trinajstić information content (AvgIpc) is 2.83. The van der Waals surface area contributed by atoms with Gasteiger partial charge in [0.05, 0.1) is 0 Å². The van der Waals surface area contributed by atoms with Gasteiger partial charge in [-0.05, 0) is 32.0 Å². The number of likely N-dealkylation sites (tertiary alicyclic amines) is 1. The number of hydrogen-bond acceptors (Lipinski definition) is 5. The highest BCUT2D eigenvalue weighted by atomic mass is 16.5. The molecule has 5 nitrogen and oxygen atoms in total. The van der Waals surface area contributed by atoms with Crippen LogP contribution in [0, 0.1) is 0 Å². The molecule has 1 fully saturated rings. The summed E-state index contributed by atoms with van der Waals surface area (Å²) in [6.45, 7) is 3.86. The van der Waals surface area contributed by atoms with E-state index in [-0.39, 0.29) is 0 Å². The maximum absolute atomic E-state index is 8.90. The van der Waals surface area contributed by atoms with Crippen LogP contribution in [0.3, 0.4) is 0 Å². The van der Waals surface area contributed by atoms with Gasteiger partial charge in [-0.25, -0.2) is 4.98 Å². The van der Waals surface area contributed by atoms with E-state index in [1.54, 1.807) is 12.1 Å². The second kappa shape index (κ2) is 6.00. The molecule has 2 rings (SSSR count). The summed E-state index contributed by atoms with van der Waals surface area (Å²) in [5, 5.41) is 17.8. The summed E-state index contributed by atoms with van der Waals surface area (Å²) in [5.41, 5.74) is 0.372. The Morgan fingerprint density at radius 1 is 1.29 bits per heavy atom. The van der Waals surface area contributed by atoms with Crippen LogP contribution < -0.4 is 10.2 Å². The molecule has 0 radical (unpaired) electrons. The van der Waals surface area contributed by atoms with Gasteiger partial charge in [0.1, 0.15) is 6.61 Å². The van der Waals surface area contributed by atoms with E-state index in [0.717, 1.165) is 19.6 Å². The van der Waals surface area contributed by atoms with Crippen LogP contribution in [0.1, 0.15) is 12.8 Å². The Hall–Kier alpha value is -1.11. The van der Waals surface area contributed by atoms with Gasteiger partial charge in [0.2, 0.25) is 5.88 Å². The zero-order valence-electron chi connectivity index (χ0n) is 9.75. The number of ether oxygens (including phenoxy) is 1. The van der Waals surface area contributed by atoms with Crippen LogP contribution in [-0.2, 0) is 0 Å². The minimum atomic E-state index is -1.47. The lowest BCUT2D eigenvalue weighted by molar-refractivity contribution is 0.232. The lowest BCUT2D eigenvalue weighted by atomic mass is 9.82. The number of aromatic nitrogens is 1. The van der Waals surface area contributed by atoms with Crippen molar-refractivity contribution in [3.05, 3.63) is 18.3 Å². The van der Waals surface area contributed by atoms with E-state index in [9.17, 15) is 0 Å². The minimum Gasteiger partial charge on any atom is -0.476 e. The van der Waals surface area contributed by atoms with E-state index < -0.39 is 7.12 Å². The first-order valence-electron chi connectivity index (χ1n) is 5.93. The normalized spacial score (nSPS) is 16.1. The van der Waals surface area contributed by atoms with E-state index in [4.69, 9.17) is 14.8 Å². The van der Waals surface area contributed by atoms with Crippen LogP contribution in [0.2, 0.25) is 0 Å². The Balaban J connectivity index is 1.74. The summed E-state index contributed by atoms with van der Waals surface area (Å²) in [7, 11) is -1.47. The van der Waals surface area contributed by atoms with Crippen molar-refractivity contribution in [3.63, 3.8) is 0 Å². The molecule has 0 atom stereocenters. The topological polar surface area (TPSA) is 65.8 Å². The molecule has 2 N–H and O–H groups in total. The van der Waals surface area contributed by atoms with E-state index in [1.165, 1.54) is 19.0 Å².